The van der Waals surface area contributed by atoms with Crippen LogP contribution in [0.3, 0.4) is 0 Å². The van der Waals surface area contributed by atoms with Crippen molar-refractivity contribution >= 4 is 39.4 Å². The Morgan fingerprint density at radius 3 is 2.73 bits per heavy atom. The molecule has 1 aliphatic rings. The summed E-state index contributed by atoms with van der Waals surface area (Å²) in [5, 5.41) is 11.4. The monoisotopic (exact) mass is 461 g/mol. The second kappa shape index (κ2) is 7.75. The fourth-order valence-electron chi connectivity index (χ4n) is 3.53. The van der Waals surface area contributed by atoms with E-state index in [0.717, 1.165) is 46.2 Å². The van der Waals surface area contributed by atoms with Gasteiger partial charge in [0.1, 0.15) is 3.70 Å². The van der Waals surface area contributed by atoms with E-state index < -0.39 is 0 Å². The van der Waals surface area contributed by atoms with Crippen molar-refractivity contribution in [2.75, 3.05) is 13.2 Å². The molecule has 1 fully saturated rings. The number of carbonyl (C=O) groups excluding carboxylic acids is 1. The number of halogens is 1. The van der Waals surface area contributed by atoms with Crippen LogP contribution >= 0.6 is 22.6 Å². The highest BCUT2D eigenvalue weighted by atomic mass is 127. The van der Waals surface area contributed by atoms with Crippen molar-refractivity contribution < 1.29 is 9.53 Å². The van der Waals surface area contributed by atoms with Gasteiger partial charge in [-0.2, -0.15) is 5.10 Å². The molecule has 1 aliphatic heterocycles. The Hall–Kier alpha value is -1.93. The summed E-state index contributed by atoms with van der Waals surface area (Å²) in [6.45, 7) is 1.51. The van der Waals surface area contributed by atoms with Gasteiger partial charge in [0.25, 0.3) is 5.91 Å². The molecule has 1 aromatic heterocycles. The predicted molar refractivity (Wildman–Crippen MR) is 109 cm³/mol. The number of aromatic amines is 1. The van der Waals surface area contributed by atoms with E-state index in [1.54, 1.807) is 0 Å². The second-order valence-electron chi connectivity index (χ2n) is 6.58. The largest absolute Gasteiger partial charge is 0.381 e. The number of hydrogen-bond donors (Lipinski definition) is 2. The summed E-state index contributed by atoms with van der Waals surface area (Å²) in [5.41, 5.74) is 2.67. The predicted octanol–water partition coefficient (Wildman–Crippen LogP) is 4.07. The smallest absolute Gasteiger partial charge is 0.251 e. The third-order valence-corrected chi connectivity index (χ3v) is 5.77. The van der Waals surface area contributed by atoms with Gasteiger partial charge in [0.2, 0.25) is 0 Å². The number of rotatable bonds is 4. The Bertz CT molecular complexity index is 904. The Labute approximate surface area is 165 Å². The maximum Gasteiger partial charge on any atom is 0.251 e. The lowest BCUT2D eigenvalue weighted by atomic mass is 9.87. The molecule has 0 aliphatic carbocycles. The van der Waals surface area contributed by atoms with Crippen LogP contribution in [0.15, 0.2) is 48.5 Å². The van der Waals surface area contributed by atoms with Crippen molar-refractivity contribution in [3.8, 4) is 0 Å². The summed E-state index contributed by atoms with van der Waals surface area (Å²) >= 11 is 2.20. The maximum absolute atomic E-state index is 13.0. The van der Waals surface area contributed by atoms with Gasteiger partial charge in [-0.3, -0.25) is 9.89 Å². The number of aromatic nitrogens is 2. The van der Waals surface area contributed by atoms with E-state index in [4.69, 9.17) is 4.74 Å². The number of benzene rings is 2. The first-order valence-electron chi connectivity index (χ1n) is 8.79. The summed E-state index contributed by atoms with van der Waals surface area (Å²) < 4.78 is 6.44. The maximum atomic E-state index is 13.0. The molecular weight excluding hydrogens is 441 g/mol. The second-order valence-corrected chi connectivity index (χ2v) is 7.66. The van der Waals surface area contributed by atoms with Gasteiger partial charge in [0.15, 0.2) is 0 Å². The van der Waals surface area contributed by atoms with Gasteiger partial charge in [0.05, 0.1) is 11.6 Å². The van der Waals surface area contributed by atoms with Crippen molar-refractivity contribution in [3.05, 3.63) is 63.4 Å². The van der Waals surface area contributed by atoms with Crippen LogP contribution in [0.5, 0.6) is 0 Å². The molecular formula is C20H20IN3O2. The molecule has 3 aromatic rings. The molecule has 1 amide bonds. The highest BCUT2D eigenvalue weighted by Gasteiger charge is 2.27. The first-order chi connectivity index (χ1) is 12.7. The third kappa shape index (κ3) is 3.61. The molecule has 26 heavy (non-hydrogen) atoms. The van der Waals surface area contributed by atoms with E-state index in [1.807, 2.05) is 36.4 Å². The van der Waals surface area contributed by atoms with Crippen LogP contribution in [0.2, 0.25) is 0 Å². The Kier molecular flexibility index (Phi) is 5.21. The molecule has 1 atom stereocenters. The molecule has 5 nitrogen and oxygen atoms in total. The molecule has 1 unspecified atom stereocenters. The number of nitrogens with one attached hydrogen (secondary N) is 2. The quantitative estimate of drug-likeness (QED) is 0.576. The van der Waals surface area contributed by atoms with Gasteiger partial charge in [-0.05, 0) is 65.1 Å². The van der Waals surface area contributed by atoms with Gasteiger partial charge in [-0.1, -0.05) is 30.3 Å². The zero-order chi connectivity index (χ0) is 17.9. The van der Waals surface area contributed by atoms with Crippen molar-refractivity contribution in [2.45, 2.75) is 18.9 Å². The average molecular weight is 461 g/mol. The molecule has 0 spiro atoms. The van der Waals surface area contributed by atoms with Crippen LogP contribution in [0, 0.1) is 9.62 Å². The van der Waals surface area contributed by atoms with Crippen molar-refractivity contribution in [1.29, 1.82) is 0 Å². The molecule has 2 aromatic carbocycles. The molecule has 6 heteroatoms. The molecule has 1 saturated heterocycles. The van der Waals surface area contributed by atoms with Crippen LogP contribution in [-0.4, -0.2) is 29.3 Å². The normalized spacial score (nSPS) is 16.5. The highest BCUT2D eigenvalue weighted by Crippen LogP contribution is 2.30. The SMILES string of the molecule is O=C(NC(c1ccccc1)C1CCOCC1)c1ccc2n[nH]c(I)c2c1. The van der Waals surface area contributed by atoms with Gasteiger partial charge in [-0.25, -0.2) is 0 Å². The molecule has 2 N–H and O–H groups in total. The lowest BCUT2D eigenvalue weighted by molar-refractivity contribution is 0.0514. The summed E-state index contributed by atoms with van der Waals surface area (Å²) in [6.07, 6.45) is 1.91. The minimum Gasteiger partial charge on any atom is -0.381 e. The number of ether oxygens (including phenoxy) is 1. The van der Waals surface area contributed by atoms with Gasteiger partial charge in [-0.15, -0.1) is 0 Å². The van der Waals surface area contributed by atoms with Crippen LogP contribution in [-0.2, 0) is 4.74 Å². The summed E-state index contributed by atoms with van der Waals surface area (Å²) in [6, 6.07) is 15.8. The number of carbonyl (C=O) groups is 1. The van der Waals surface area contributed by atoms with E-state index in [9.17, 15) is 4.79 Å². The van der Waals surface area contributed by atoms with Gasteiger partial charge in [0, 0.05) is 24.2 Å². The van der Waals surface area contributed by atoms with E-state index in [2.05, 4.69) is 50.2 Å². The minimum atomic E-state index is -0.0516. The van der Waals surface area contributed by atoms with E-state index in [1.165, 1.54) is 0 Å². The number of H-pyrrole nitrogens is 1. The molecule has 0 bridgehead atoms. The topological polar surface area (TPSA) is 67.0 Å². The molecule has 2 heterocycles. The van der Waals surface area contributed by atoms with Gasteiger partial charge < -0.3 is 10.1 Å². The Balaban J connectivity index is 1.61. The van der Waals surface area contributed by atoms with Crippen molar-refractivity contribution in [3.63, 3.8) is 0 Å². The van der Waals surface area contributed by atoms with Crippen LogP contribution in [0.1, 0.15) is 34.8 Å². The van der Waals surface area contributed by atoms with Crippen molar-refractivity contribution in [1.82, 2.24) is 15.5 Å². The zero-order valence-corrected chi connectivity index (χ0v) is 16.4. The zero-order valence-electron chi connectivity index (χ0n) is 14.2. The van der Waals surface area contributed by atoms with E-state index >= 15 is 0 Å². The van der Waals surface area contributed by atoms with Crippen LogP contribution < -0.4 is 5.32 Å². The Morgan fingerprint density at radius 1 is 1.19 bits per heavy atom. The third-order valence-electron chi connectivity index (χ3n) is 4.95. The standard InChI is InChI=1S/C20H20IN3O2/c21-19-16-12-15(6-7-17(16)23-24-19)20(25)22-18(13-4-2-1-3-5-13)14-8-10-26-11-9-14/h1-7,12,14,18H,8-11H2,(H,22,25)(H,23,24). The first kappa shape index (κ1) is 17.5. The summed E-state index contributed by atoms with van der Waals surface area (Å²) in [4.78, 5) is 13.0. The summed E-state index contributed by atoms with van der Waals surface area (Å²) in [7, 11) is 0. The number of fused-ring (bicyclic) bond motifs is 1. The lowest BCUT2D eigenvalue weighted by Gasteiger charge is -2.31. The fraction of sp³-hybridized carbons (Fsp3) is 0.300. The molecule has 4 rings (SSSR count). The van der Waals surface area contributed by atoms with E-state index in [0.29, 0.717) is 11.5 Å². The average Bonchev–Trinajstić information content (AvgIpc) is 3.07. The molecule has 0 radical (unpaired) electrons. The lowest BCUT2D eigenvalue weighted by Crippen LogP contribution is -2.36. The van der Waals surface area contributed by atoms with Crippen LogP contribution in [0.25, 0.3) is 10.9 Å². The highest BCUT2D eigenvalue weighted by molar-refractivity contribution is 14.1. The number of nitrogens with zero attached hydrogens (tertiary/aromatic N) is 1. The summed E-state index contributed by atoms with van der Waals surface area (Å²) in [5.74, 6) is 0.331. The number of hydrogen-bond acceptors (Lipinski definition) is 3. The first-order valence-corrected chi connectivity index (χ1v) is 9.87. The minimum absolute atomic E-state index is 0.00767. The van der Waals surface area contributed by atoms with Gasteiger partial charge >= 0.3 is 0 Å². The van der Waals surface area contributed by atoms with Crippen molar-refractivity contribution in [2.24, 2.45) is 5.92 Å². The Morgan fingerprint density at radius 2 is 1.96 bits per heavy atom. The van der Waals surface area contributed by atoms with E-state index in [-0.39, 0.29) is 11.9 Å². The van der Waals surface area contributed by atoms with Crippen LogP contribution in [0.4, 0.5) is 0 Å². The number of amides is 1. The fourth-order valence-corrected chi connectivity index (χ4v) is 4.08. The molecule has 0 saturated carbocycles. The molecule has 134 valence electrons.